The van der Waals surface area contributed by atoms with Crippen molar-refractivity contribution in [3.05, 3.63) is 27.7 Å². The summed E-state index contributed by atoms with van der Waals surface area (Å²) in [6, 6.07) is 3.72. The highest BCUT2D eigenvalue weighted by Crippen LogP contribution is 2.25. The molecule has 0 aliphatic heterocycles. The summed E-state index contributed by atoms with van der Waals surface area (Å²) < 4.78 is 28.3. The van der Waals surface area contributed by atoms with E-state index >= 15 is 0 Å². The summed E-state index contributed by atoms with van der Waals surface area (Å²) in [7, 11) is -2.08. The van der Waals surface area contributed by atoms with Gasteiger partial charge in [0.25, 0.3) is 10.2 Å². The molecule has 0 aliphatic rings. The van der Waals surface area contributed by atoms with E-state index in [9.17, 15) is 8.42 Å². The molecular formula is C9H13BrN2O2S. The molecule has 1 aromatic carbocycles. The monoisotopic (exact) mass is 292 g/mol. The maximum absolute atomic E-state index is 11.3. The molecule has 15 heavy (non-hydrogen) atoms. The molecule has 0 aromatic heterocycles. The van der Waals surface area contributed by atoms with Crippen LogP contribution in [0.5, 0.6) is 0 Å². The highest BCUT2D eigenvalue weighted by atomic mass is 79.9. The normalized spacial score (nSPS) is 11.5. The predicted molar refractivity (Wildman–Crippen MR) is 65.2 cm³/mol. The molecule has 0 radical (unpaired) electrons. The Balaban J connectivity index is 3.17. The van der Waals surface area contributed by atoms with Gasteiger partial charge in [0.15, 0.2) is 0 Å². The number of anilines is 1. The van der Waals surface area contributed by atoms with E-state index in [0.717, 1.165) is 15.6 Å². The minimum absolute atomic E-state index is 0.618. The molecule has 84 valence electrons. The summed E-state index contributed by atoms with van der Waals surface area (Å²) in [6.45, 7) is 3.70. The molecule has 0 saturated heterocycles. The Morgan fingerprint density at radius 3 is 2.07 bits per heavy atom. The second kappa shape index (κ2) is 4.51. The maximum atomic E-state index is 11.3. The van der Waals surface area contributed by atoms with Crippen LogP contribution in [0.15, 0.2) is 16.6 Å². The standard InChI is InChI=1S/C9H13BrN2O2S/c1-6-4-8(10)5-7(2)9(6)12-15(13,14)11-3/h4-5,11-12H,1-3H3. The smallest absolute Gasteiger partial charge is 0.271 e. The van der Waals surface area contributed by atoms with Crippen molar-refractivity contribution < 1.29 is 8.42 Å². The SMILES string of the molecule is CNS(=O)(=O)Nc1c(C)cc(Br)cc1C. The van der Waals surface area contributed by atoms with Crippen molar-refractivity contribution in [2.24, 2.45) is 0 Å². The van der Waals surface area contributed by atoms with Crippen molar-refractivity contribution in [2.75, 3.05) is 11.8 Å². The first-order chi connectivity index (χ1) is 6.85. The summed E-state index contributed by atoms with van der Waals surface area (Å²) in [5.74, 6) is 0. The van der Waals surface area contributed by atoms with Gasteiger partial charge in [-0.3, -0.25) is 4.72 Å². The lowest BCUT2D eigenvalue weighted by Crippen LogP contribution is -2.27. The average molecular weight is 293 g/mol. The lowest BCUT2D eigenvalue weighted by molar-refractivity contribution is 0.593. The molecule has 0 amide bonds. The third-order valence-electron chi connectivity index (χ3n) is 2.00. The molecule has 1 aromatic rings. The molecule has 6 heteroatoms. The minimum atomic E-state index is -3.45. The summed E-state index contributed by atoms with van der Waals surface area (Å²) >= 11 is 3.35. The fraction of sp³-hybridized carbons (Fsp3) is 0.333. The molecule has 0 unspecified atom stereocenters. The molecule has 4 nitrogen and oxygen atoms in total. The van der Waals surface area contributed by atoms with E-state index in [1.165, 1.54) is 7.05 Å². The zero-order valence-corrected chi connectivity index (χ0v) is 11.2. The molecule has 0 atom stereocenters. The lowest BCUT2D eigenvalue weighted by atomic mass is 10.1. The topological polar surface area (TPSA) is 58.2 Å². The van der Waals surface area contributed by atoms with Gasteiger partial charge in [0.2, 0.25) is 0 Å². The van der Waals surface area contributed by atoms with Crippen LogP contribution in [0, 0.1) is 13.8 Å². The van der Waals surface area contributed by atoms with Gasteiger partial charge in [-0.15, -0.1) is 0 Å². The van der Waals surface area contributed by atoms with Gasteiger partial charge < -0.3 is 0 Å². The Bertz CT molecular complexity index is 448. The van der Waals surface area contributed by atoms with Gasteiger partial charge in [-0.25, -0.2) is 4.72 Å². The Morgan fingerprint density at radius 2 is 1.67 bits per heavy atom. The number of nitrogens with one attached hydrogen (secondary N) is 2. The van der Waals surface area contributed by atoms with Crippen LogP contribution < -0.4 is 9.44 Å². The first-order valence-electron chi connectivity index (χ1n) is 4.34. The van der Waals surface area contributed by atoms with Crippen molar-refractivity contribution in [3.8, 4) is 0 Å². The maximum Gasteiger partial charge on any atom is 0.298 e. The average Bonchev–Trinajstić information content (AvgIpc) is 2.11. The van der Waals surface area contributed by atoms with Crippen LogP contribution in [-0.4, -0.2) is 15.5 Å². The van der Waals surface area contributed by atoms with E-state index in [-0.39, 0.29) is 0 Å². The van der Waals surface area contributed by atoms with Crippen LogP contribution in [-0.2, 0) is 10.2 Å². The molecular weight excluding hydrogens is 280 g/mol. The van der Waals surface area contributed by atoms with Gasteiger partial charge in [0.1, 0.15) is 0 Å². The molecule has 0 fully saturated rings. The Morgan fingerprint density at radius 1 is 1.20 bits per heavy atom. The minimum Gasteiger partial charge on any atom is -0.271 e. The fourth-order valence-corrected chi connectivity index (χ4v) is 2.64. The molecule has 0 heterocycles. The van der Waals surface area contributed by atoms with Gasteiger partial charge in [-0.1, -0.05) is 15.9 Å². The second-order valence-corrected chi connectivity index (χ2v) is 5.76. The van der Waals surface area contributed by atoms with Gasteiger partial charge in [-0.2, -0.15) is 8.42 Å². The van der Waals surface area contributed by atoms with Crippen LogP contribution in [0.1, 0.15) is 11.1 Å². The molecule has 2 N–H and O–H groups in total. The molecule has 0 aliphatic carbocycles. The summed E-state index contributed by atoms with van der Waals surface area (Å²) in [6.07, 6.45) is 0. The van der Waals surface area contributed by atoms with Crippen LogP contribution in [0.2, 0.25) is 0 Å². The van der Waals surface area contributed by atoms with E-state index < -0.39 is 10.2 Å². The van der Waals surface area contributed by atoms with Crippen molar-refractivity contribution in [2.45, 2.75) is 13.8 Å². The number of hydrogen-bond donors (Lipinski definition) is 2. The Labute approximate surface area is 98.4 Å². The first kappa shape index (κ1) is 12.5. The van der Waals surface area contributed by atoms with Crippen LogP contribution >= 0.6 is 15.9 Å². The van der Waals surface area contributed by atoms with Crippen LogP contribution in [0.4, 0.5) is 5.69 Å². The van der Waals surface area contributed by atoms with E-state index in [4.69, 9.17) is 0 Å². The van der Waals surface area contributed by atoms with Crippen molar-refractivity contribution in [1.29, 1.82) is 0 Å². The van der Waals surface area contributed by atoms with E-state index in [2.05, 4.69) is 25.4 Å². The van der Waals surface area contributed by atoms with Gasteiger partial charge in [-0.05, 0) is 37.1 Å². The molecule has 0 bridgehead atoms. The van der Waals surface area contributed by atoms with E-state index in [1.54, 1.807) is 0 Å². The van der Waals surface area contributed by atoms with E-state index in [0.29, 0.717) is 5.69 Å². The summed E-state index contributed by atoms with van der Waals surface area (Å²) in [5.41, 5.74) is 2.37. The predicted octanol–water partition coefficient (Wildman–Crippen LogP) is 1.94. The Hall–Kier alpha value is -0.590. The lowest BCUT2D eigenvalue weighted by Gasteiger charge is -2.12. The number of rotatable bonds is 3. The number of hydrogen-bond acceptors (Lipinski definition) is 2. The van der Waals surface area contributed by atoms with Crippen molar-refractivity contribution in [1.82, 2.24) is 4.72 Å². The third kappa shape index (κ3) is 3.19. The first-order valence-corrected chi connectivity index (χ1v) is 6.61. The summed E-state index contributed by atoms with van der Waals surface area (Å²) in [5, 5.41) is 0. The Kier molecular flexibility index (Phi) is 3.75. The molecule has 1 rings (SSSR count). The van der Waals surface area contributed by atoms with Gasteiger partial charge in [0, 0.05) is 11.5 Å². The zero-order valence-electron chi connectivity index (χ0n) is 8.76. The third-order valence-corrected chi connectivity index (χ3v) is 3.47. The number of aryl methyl sites for hydroxylation is 2. The fourth-order valence-electron chi connectivity index (χ4n) is 1.26. The van der Waals surface area contributed by atoms with Crippen LogP contribution in [0.25, 0.3) is 0 Å². The van der Waals surface area contributed by atoms with Crippen LogP contribution in [0.3, 0.4) is 0 Å². The van der Waals surface area contributed by atoms with Crippen molar-refractivity contribution >= 4 is 31.8 Å². The second-order valence-electron chi connectivity index (χ2n) is 3.22. The molecule has 0 saturated carbocycles. The zero-order chi connectivity index (χ0) is 11.6. The largest absolute Gasteiger partial charge is 0.298 e. The number of halogens is 1. The quantitative estimate of drug-likeness (QED) is 0.895. The van der Waals surface area contributed by atoms with Crippen molar-refractivity contribution in [3.63, 3.8) is 0 Å². The highest BCUT2D eigenvalue weighted by Gasteiger charge is 2.11. The molecule has 0 spiro atoms. The van der Waals surface area contributed by atoms with Gasteiger partial charge in [0.05, 0.1) is 5.69 Å². The number of benzene rings is 1. The summed E-state index contributed by atoms with van der Waals surface area (Å²) in [4.78, 5) is 0. The van der Waals surface area contributed by atoms with E-state index in [1.807, 2.05) is 26.0 Å². The highest BCUT2D eigenvalue weighted by molar-refractivity contribution is 9.10. The van der Waals surface area contributed by atoms with Gasteiger partial charge >= 0.3 is 0 Å².